The van der Waals surface area contributed by atoms with Gasteiger partial charge in [0.05, 0.1) is 0 Å². The molecule has 1 rings (SSSR count). The third-order valence-corrected chi connectivity index (χ3v) is 3.25. The van der Waals surface area contributed by atoms with Crippen molar-refractivity contribution in [2.24, 2.45) is 5.73 Å². The molecule has 2 N–H and O–H groups in total. The largest absolute Gasteiger partial charge is 0.329 e. The zero-order chi connectivity index (χ0) is 9.68. The molecule has 1 atom stereocenters. The molecule has 1 heterocycles. The van der Waals surface area contributed by atoms with Crippen molar-refractivity contribution in [3.05, 3.63) is 0 Å². The lowest BCUT2D eigenvalue weighted by Gasteiger charge is -2.39. The third-order valence-electron chi connectivity index (χ3n) is 2.66. The SMILES string of the molecule is CSCCN1CCN(C)CC1CN. The van der Waals surface area contributed by atoms with Crippen molar-refractivity contribution in [1.29, 1.82) is 0 Å². The van der Waals surface area contributed by atoms with Gasteiger partial charge in [-0.1, -0.05) is 0 Å². The van der Waals surface area contributed by atoms with Crippen LogP contribution < -0.4 is 5.73 Å². The molecule has 4 heteroatoms. The van der Waals surface area contributed by atoms with Gasteiger partial charge in [-0.15, -0.1) is 0 Å². The number of likely N-dealkylation sites (N-methyl/N-ethyl adjacent to an activating group) is 1. The maximum atomic E-state index is 5.75. The van der Waals surface area contributed by atoms with E-state index in [4.69, 9.17) is 5.73 Å². The van der Waals surface area contributed by atoms with Gasteiger partial charge in [-0.25, -0.2) is 0 Å². The topological polar surface area (TPSA) is 32.5 Å². The lowest BCUT2D eigenvalue weighted by Crippen LogP contribution is -2.55. The molecule has 1 aliphatic heterocycles. The molecule has 13 heavy (non-hydrogen) atoms. The molecule has 0 aromatic rings. The van der Waals surface area contributed by atoms with Gasteiger partial charge in [-0.05, 0) is 13.3 Å². The van der Waals surface area contributed by atoms with Gasteiger partial charge in [0.15, 0.2) is 0 Å². The maximum Gasteiger partial charge on any atom is 0.0346 e. The van der Waals surface area contributed by atoms with Crippen LogP contribution in [0, 0.1) is 0 Å². The Morgan fingerprint density at radius 3 is 2.85 bits per heavy atom. The molecule has 0 radical (unpaired) electrons. The average Bonchev–Trinajstić information content (AvgIpc) is 2.16. The summed E-state index contributed by atoms with van der Waals surface area (Å²) >= 11 is 1.91. The lowest BCUT2D eigenvalue weighted by molar-refractivity contribution is 0.101. The molecule has 0 aromatic carbocycles. The quantitative estimate of drug-likeness (QED) is 0.693. The lowest BCUT2D eigenvalue weighted by atomic mass is 10.2. The summed E-state index contributed by atoms with van der Waals surface area (Å²) in [5.74, 6) is 1.22. The number of piperazine rings is 1. The molecule has 1 unspecified atom stereocenters. The minimum absolute atomic E-state index is 0.575. The zero-order valence-electron chi connectivity index (χ0n) is 8.70. The maximum absolute atomic E-state index is 5.75. The molecular formula is C9H21N3S. The van der Waals surface area contributed by atoms with Crippen molar-refractivity contribution in [3.8, 4) is 0 Å². The summed E-state index contributed by atoms with van der Waals surface area (Å²) in [7, 11) is 2.18. The Morgan fingerprint density at radius 2 is 2.23 bits per heavy atom. The Morgan fingerprint density at radius 1 is 1.46 bits per heavy atom. The van der Waals surface area contributed by atoms with Crippen molar-refractivity contribution >= 4 is 11.8 Å². The van der Waals surface area contributed by atoms with Gasteiger partial charge in [-0.2, -0.15) is 11.8 Å². The van der Waals surface area contributed by atoms with Gasteiger partial charge in [0.2, 0.25) is 0 Å². The molecule has 0 spiro atoms. The van der Waals surface area contributed by atoms with Gasteiger partial charge in [0, 0.05) is 44.5 Å². The van der Waals surface area contributed by atoms with Gasteiger partial charge in [0.25, 0.3) is 0 Å². The predicted octanol–water partition coefficient (Wildman–Crippen LogP) is -0.0759. The fourth-order valence-electron chi connectivity index (χ4n) is 1.77. The fraction of sp³-hybridized carbons (Fsp3) is 1.00. The highest BCUT2D eigenvalue weighted by Gasteiger charge is 2.22. The molecule has 1 aliphatic rings. The summed E-state index contributed by atoms with van der Waals surface area (Å²) in [6, 6.07) is 0.575. The molecular weight excluding hydrogens is 182 g/mol. The van der Waals surface area contributed by atoms with Gasteiger partial charge < -0.3 is 10.6 Å². The van der Waals surface area contributed by atoms with Crippen molar-refractivity contribution in [3.63, 3.8) is 0 Å². The highest BCUT2D eigenvalue weighted by molar-refractivity contribution is 7.98. The van der Waals surface area contributed by atoms with Crippen molar-refractivity contribution in [2.45, 2.75) is 6.04 Å². The second-order valence-electron chi connectivity index (χ2n) is 3.68. The molecule has 0 bridgehead atoms. The number of hydrogen-bond donors (Lipinski definition) is 1. The van der Waals surface area contributed by atoms with Crippen molar-refractivity contribution < 1.29 is 0 Å². The first-order valence-electron chi connectivity index (χ1n) is 4.89. The Hall–Kier alpha value is 0.230. The van der Waals surface area contributed by atoms with Crippen LogP contribution in [0.5, 0.6) is 0 Å². The first kappa shape index (κ1) is 11.3. The van der Waals surface area contributed by atoms with E-state index in [2.05, 4.69) is 23.1 Å². The molecule has 1 fully saturated rings. The van der Waals surface area contributed by atoms with Gasteiger partial charge in [-0.3, -0.25) is 4.90 Å². The van der Waals surface area contributed by atoms with E-state index >= 15 is 0 Å². The summed E-state index contributed by atoms with van der Waals surface area (Å²) in [4.78, 5) is 4.89. The number of nitrogens with two attached hydrogens (primary N) is 1. The smallest absolute Gasteiger partial charge is 0.0346 e. The van der Waals surface area contributed by atoms with E-state index in [1.807, 2.05) is 11.8 Å². The number of thioether (sulfide) groups is 1. The van der Waals surface area contributed by atoms with Crippen LogP contribution in [0.15, 0.2) is 0 Å². The standard InChI is InChI=1S/C9H21N3S/c1-11-3-4-12(5-6-13-2)9(7-10)8-11/h9H,3-8,10H2,1-2H3. The highest BCUT2D eigenvalue weighted by atomic mass is 32.2. The van der Waals surface area contributed by atoms with Crippen LogP contribution >= 0.6 is 11.8 Å². The van der Waals surface area contributed by atoms with Gasteiger partial charge >= 0.3 is 0 Å². The van der Waals surface area contributed by atoms with Crippen LogP contribution in [0.2, 0.25) is 0 Å². The van der Waals surface area contributed by atoms with Crippen molar-refractivity contribution in [2.75, 3.05) is 51.8 Å². The van der Waals surface area contributed by atoms with Crippen LogP contribution in [0.25, 0.3) is 0 Å². The van der Waals surface area contributed by atoms with Crippen LogP contribution in [-0.2, 0) is 0 Å². The minimum Gasteiger partial charge on any atom is -0.329 e. The normalized spacial score (nSPS) is 26.5. The van der Waals surface area contributed by atoms with Crippen molar-refractivity contribution in [1.82, 2.24) is 9.80 Å². The van der Waals surface area contributed by atoms with Crippen LogP contribution in [-0.4, -0.2) is 67.6 Å². The highest BCUT2D eigenvalue weighted by Crippen LogP contribution is 2.08. The second kappa shape index (κ2) is 5.86. The summed E-state index contributed by atoms with van der Waals surface area (Å²) in [5, 5.41) is 0. The van der Waals surface area contributed by atoms with E-state index in [1.54, 1.807) is 0 Å². The Balaban J connectivity index is 2.33. The molecule has 78 valence electrons. The van der Waals surface area contributed by atoms with E-state index < -0.39 is 0 Å². The van der Waals surface area contributed by atoms with Crippen LogP contribution in [0.1, 0.15) is 0 Å². The molecule has 0 aromatic heterocycles. The molecule has 0 aliphatic carbocycles. The van der Waals surface area contributed by atoms with Crippen LogP contribution in [0.4, 0.5) is 0 Å². The predicted molar refractivity (Wildman–Crippen MR) is 60.3 cm³/mol. The Bertz CT molecular complexity index is 141. The summed E-state index contributed by atoms with van der Waals surface area (Å²) in [5.41, 5.74) is 5.75. The number of hydrogen-bond acceptors (Lipinski definition) is 4. The van der Waals surface area contributed by atoms with Gasteiger partial charge in [0.1, 0.15) is 0 Å². The first-order chi connectivity index (χ1) is 6.27. The van der Waals surface area contributed by atoms with E-state index in [0.29, 0.717) is 6.04 Å². The van der Waals surface area contributed by atoms with E-state index in [0.717, 1.165) is 13.1 Å². The summed E-state index contributed by atoms with van der Waals surface area (Å²) in [6.45, 7) is 5.48. The molecule has 3 nitrogen and oxygen atoms in total. The molecule has 0 amide bonds. The zero-order valence-corrected chi connectivity index (χ0v) is 9.52. The first-order valence-corrected chi connectivity index (χ1v) is 6.29. The minimum atomic E-state index is 0.575. The summed E-state index contributed by atoms with van der Waals surface area (Å²) in [6.07, 6.45) is 2.16. The third kappa shape index (κ3) is 3.46. The molecule has 0 saturated carbocycles. The monoisotopic (exact) mass is 203 g/mol. The van der Waals surface area contributed by atoms with E-state index in [1.165, 1.54) is 25.4 Å². The average molecular weight is 203 g/mol. The Labute approximate surface area is 85.6 Å². The molecule has 1 saturated heterocycles. The number of rotatable bonds is 4. The van der Waals surface area contributed by atoms with E-state index in [9.17, 15) is 0 Å². The van der Waals surface area contributed by atoms with E-state index in [-0.39, 0.29) is 0 Å². The number of nitrogens with zero attached hydrogens (tertiary/aromatic N) is 2. The van der Waals surface area contributed by atoms with Crippen LogP contribution in [0.3, 0.4) is 0 Å². The second-order valence-corrected chi connectivity index (χ2v) is 4.67. The summed E-state index contributed by atoms with van der Waals surface area (Å²) < 4.78 is 0. The fourth-order valence-corrected chi connectivity index (χ4v) is 2.19. The Kier molecular flexibility index (Phi) is 5.09.